The van der Waals surface area contributed by atoms with Crippen LogP contribution in [0.25, 0.3) is 5.70 Å². The van der Waals surface area contributed by atoms with Crippen LogP contribution in [0.3, 0.4) is 0 Å². The van der Waals surface area contributed by atoms with Crippen molar-refractivity contribution in [2.45, 2.75) is 20.8 Å². The van der Waals surface area contributed by atoms with E-state index in [2.05, 4.69) is 46.8 Å². The van der Waals surface area contributed by atoms with Crippen molar-refractivity contribution in [3.63, 3.8) is 0 Å². The van der Waals surface area contributed by atoms with Crippen molar-refractivity contribution >= 4 is 5.70 Å². The number of nitrogens with zero attached hydrogens (tertiary/aromatic N) is 2. The Morgan fingerprint density at radius 2 is 1.96 bits per heavy atom. The van der Waals surface area contributed by atoms with Crippen molar-refractivity contribution in [2.24, 2.45) is 5.92 Å². The smallest absolute Gasteiger partial charge is 0.126 e. The molecule has 0 radical (unpaired) electrons. The first-order valence-electron chi connectivity index (χ1n) is 9.16. The molecular weight excluding hydrogens is 315 g/mol. The van der Waals surface area contributed by atoms with Crippen LogP contribution >= 0.6 is 0 Å². The van der Waals surface area contributed by atoms with E-state index in [-0.39, 0.29) is 5.82 Å². The lowest BCUT2D eigenvalue weighted by molar-refractivity contribution is 0.250. The molecule has 0 amide bonds. The SMILES string of the molecule is Cc1ccc(C2=CC(CN3CCNCC3)=CN(CC(C)C)N2)cc1F. The number of nitrogens with one attached hydrogen (secondary N) is 2. The van der Waals surface area contributed by atoms with Crippen molar-refractivity contribution in [1.29, 1.82) is 0 Å². The first-order chi connectivity index (χ1) is 12.0. The summed E-state index contributed by atoms with van der Waals surface area (Å²) in [4.78, 5) is 2.46. The number of piperazine rings is 1. The van der Waals surface area contributed by atoms with E-state index in [1.54, 1.807) is 13.0 Å². The van der Waals surface area contributed by atoms with Gasteiger partial charge in [0.2, 0.25) is 0 Å². The van der Waals surface area contributed by atoms with Gasteiger partial charge in [-0.3, -0.25) is 15.3 Å². The second-order valence-electron chi connectivity index (χ2n) is 7.41. The summed E-state index contributed by atoms with van der Waals surface area (Å²) in [5.41, 5.74) is 7.23. The molecular formula is C20H29FN4. The van der Waals surface area contributed by atoms with Crippen LogP contribution in [0.4, 0.5) is 4.39 Å². The predicted octanol–water partition coefficient (Wildman–Crippen LogP) is 2.74. The van der Waals surface area contributed by atoms with Gasteiger partial charge in [0.15, 0.2) is 0 Å². The lowest BCUT2D eigenvalue weighted by atomic mass is 10.1. The number of halogens is 1. The molecule has 5 heteroatoms. The van der Waals surface area contributed by atoms with Crippen molar-refractivity contribution < 1.29 is 4.39 Å². The molecule has 1 aromatic carbocycles. The zero-order chi connectivity index (χ0) is 17.8. The zero-order valence-electron chi connectivity index (χ0n) is 15.5. The van der Waals surface area contributed by atoms with Crippen LogP contribution in [0.5, 0.6) is 0 Å². The van der Waals surface area contributed by atoms with Crippen LogP contribution in [0.2, 0.25) is 0 Å². The van der Waals surface area contributed by atoms with Gasteiger partial charge in [0.25, 0.3) is 0 Å². The Bertz CT molecular complexity index is 660. The Morgan fingerprint density at radius 3 is 2.64 bits per heavy atom. The van der Waals surface area contributed by atoms with Gasteiger partial charge in [0, 0.05) is 51.0 Å². The van der Waals surface area contributed by atoms with Crippen LogP contribution in [-0.2, 0) is 0 Å². The van der Waals surface area contributed by atoms with Crippen molar-refractivity contribution in [3.05, 3.63) is 53.0 Å². The normalized spacial score (nSPS) is 18.8. The molecule has 25 heavy (non-hydrogen) atoms. The summed E-state index contributed by atoms with van der Waals surface area (Å²) in [5.74, 6) is 0.382. The maximum Gasteiger partial charge on any atom is 0.126 e. The van der Waals surface area contributed by atoms with Crippen LogP contribution in [0.15, 0.2) is 36.0 Å². The maximum absolute atomic E-state index is 14.0. The summed E-state index contributed by atoms with van der Waals surface area (Å²) in [6, 6.07) is 5.45. The van der Waals surface area contributed by atoms with E-state index < -0.39 is 0 Å². The van der Waals surface area contributed by atoms with Crippen LogP contribution in [0, 0.1) is 18.7 Å². The molecule has 136 valence electrons. The van der Waals surface area contributed by atoms with Gasteiger partial charge < -0.3 is 5.32 Å². The zero-order valence-corrected chi connectivity index (χ0v) is 15.5. The van der Waals surface area contributed by atoms with Gasteiger partial charge in [-0.05, 0) is 36.1 Å². The summed E-state index contributed by atoms with van der Waals surface area (Å²) in [7, 11) is 0. The fraction of sp³-hybridized carbons (Fsp3) is 0.500. The quantitative estimate of drug-likeness (QED) is 0.860. The third-order valence-electron chi connectivity index (χ3n) is 4.58. The molecule has 0 bridgehead atoms. The molecule has 1 fully saturated rings. The lowest BCUT2D eigenvalue weighted by Crippen LogP contribution is -2.45. The summed E-state index contributed by atoms with van der Waals surface area (Å²) in [5, 5.41) is 5.53. The monoisotopic (exact) mass is 344 g/mol. The molecule has 2 aliphatic heterocycles. The molecule has 0 saturated carbocycles. The molecule has 3 rings (SSSR count). The van der Waals surface area contributed by atoms with Gasteiger partial charge in [-0.2, -0.15) is 0 Å². The number of hydrogen-bond donors (Lipinski definition) is 2. The summed E-state index contributed by atoms with van der Waals surface area (Å²) in [6.07, 6.45) is 4.35. The lowest BCUT2D eigenvalue weighted by Gasteiger charge is -2.33. The van der Waals surface area contributed by atoms with E-state index in [9.17, 15) is 4.39 Å². The fourth-order valence-electron chi connectivity index (χ4n) is 3.26. The second-order valence-corrected chi connectivity index (χ2v) is 7.41. The Morgan fingerprint density at radius 1 is 1.20 bits per heavy atom. The van der Waals surface area contributed by atoms with Crippen LogP contribution < -0.4 is 10.7 Å². The molecule has 2 aliphatic rings. The highest BCUT2D eigenvalue weighted by atomic mass is 19.1. The number of hydrazine groups is 1. The number of hydrogen-bond acceptors (Lipinski definition) is 4. The highest BCUT2D eigenvalue weighted by Crippen LogP contribution is 2.22. The molecule has 1 saturated heterocycles. The Hall–Kier alpha value is -1.85. The minimum absolute atomic E-state index is 0.159. The summed E-state index contributed by atoms with van der Waals surface area (Å²) >= 11 is 0. The number of benzene rings is 1. The fourth-order valence-corrected chi connectivity index (χ4v) is 3.26. The molecule has 4 nitrogen and oxygen atoms in total. The molecule has 0 aromatic heterocycles. The van der Waals surface area contributed by atoms with Gasteiger partial charge >= 0.3 is 0 Å². The average molecular weight is 344 g/mol. The third-order valence-corrected chi connectivity index (χ3v) is 4.58. The molecule has 0 spiro atoms. The predicted molar refractivity (Wildman–Crippen MR) is 101 cm³/mol. The van der Waals surface area contributed by atoms with Crippen molar-refractivity contribution in [1.82, 2.24) is 20.7 Å². The van der Waals surface area contributed by atoms with E-state index in [1.165, 1.54) is 5.57 Å². The largest absolute Gasteiger partial charge is 0.314 e. The van der Waals surface area contributed by atoms with E-state index in [0.29, 0.717) is 11.5 Å². The minimum atomic E-state index is -0.159. The number of aryl methyl sites for hydroxylation is 1. The first-order valence-corrected chi connectivity index (χ1v) is 9.16. The highest BCUT2D eigenvalue weighted by Gasteiger charge is 2.17. The summed E-state index contributed by atoms with van der Waals surface area (Å²) in [6.45, 7) is 12.3. The maximum atomic E-state index is 14.0. The molecule has 2 N–H and O–H groups in total. The first kappa shape index (κ1) is 18.0. The highest BCUT2D eigenvalue weighted by molar-refractivity contribution is 5.68. The van der Waals surface area contributed by atoms with Gasteiger partial charge in [-0.1, -0.05) is 26.0 Å². The van der Waals surface area contributed by atoms with Crippen LogP contribution in [0.1, 0.15) is 25.0 Å². The Balaban J connectivity index is 1.82. The second kappa shape index (κ2) is 8.02. The van der Waals surface area contributed by atoms with Crippen molar-refractivity contribution in [2.75, 3.05) is 39.3 Å². The standard InChI is InChI=1S/C20H29FN4/c1-15(2)12-25-14-17(13-24-8-6-22-7-9-24)10-20(23-25)18-5-4-16(3)19(21)11-18/h4-5,10-11,14-15,22-23H,6-9,12-13H2,1-3H3. The Labute approximate surface area is 150 Å². The van der Waals surface area contributed by atoms with E-state index >= 15 is 0 Å². The average Bonchev–Trinajstić information content (AvgIpc) is 2.57. The molecule has 0 unspecified atom stereocenters. The van der Waals surface area contributed by atoms with E-state index in [1.807, 2.05) is 12.1 Å². The topological polar surface area (TPSA) is 30.5 Å². The van der Waals surface area contributed by atoms with Gasteiger partial charge in [0.05, 0.1) is 5.70 Å². The minimum Gasteiger partial charge on any atom is -0.314 e. The molecule has 0 atom stereocenters. The number of rotatable bonds is 5. The molecule has 1 aromatic rings. The van der Waals surface area contributed by atoms with E-state index in [4.69, 9.17) is 0 Å². The molecule has 2 heterocycles. The third kappa shape index (κ3) is 4.83. The van der Waals surface area contributed by atoms with Crippen LogP contribution in [-0.4, -0.2) is 49.2 Å². The van der Waals surface area contributed by atoms with E-state index in [0.717, 1.165) is 50.5 Å². The van der Waals surface area contributed by atoms with Gasteiger partial charge in [-0.15, -0.1) is 0 Å². The van der Waals surface area contributed by atoms with Gasteiger partial charge in [-0.25, -0.2) is 4.39 Å². The summed E-state index contributed by atoms with van der Waals surface area (Å²) < 4.78 is 14.0. The van der Waals surface area contributed by atoms with Crippen molar-refractivity contribution in [3.8, 4) is 0 Å². The molecule has 0 aliphatic carbocycles. The Kier molecular flexibility index (Phi) is 5.76. The van der Waals surface area contributed by atoms with Gasteiger partial charge in [0.1, 0.15) is 5.82 Å².